The van der Waals surface area contributed by atoms with E-state index >= 15 is 0 Å². The number of nitrogens with zero attached hydrogens (tertiary/aromatic N) is 3. The lowest BCUT2D eigenvalue weighted by atomic mass is 10.2. The number of aliphatic hydroxyl groups excluding tert-OH is 1. The van der Waals surface area contributed by atoms with E-state index in [4.69, 9.17) is 5.11 Å². The number of hydrogen-bond acceptors (Lipinski definition) is 4. The van der Waals surface area contributed by atoms with E-state index in [1.807, 2.05) is 0 Å². The third-order valence-electron chi connectivity index (χ3n) is 2.09. The Bertz CT molecular complexity index is 322. The van der Waals surface area contributed by atoms with Crippen molar-refractivity contribution in [1.29, 1.82) is 0 Å². The first-order valence-electron chi connectivity index (χ1n) is 4.94. The summed E-state index contributed by atoms with van der Waals surface area (Å²) in [5.74, 6) is 0. The Morgan fingerprint density at radius 1 is 1.67 bits per heavy atom. The van der Waals surface area contributed by atoms with E-state index in [-0.39, 0.29) is 11.8 Å². The minimum atomic E-state index is -0.459. The van der Waals surface area contributed by atoms with Gasteiger partial charge in [0.2, 0.25) is 0 Å². The summed E-state index contributed by atoms with van der Waals surface area (Å²) in [6.45, 7) is 2.40. The topological polar surface area (TPSA) is 81.2 Å². The van der Waals surface area contributed by atoms with Crippen LogP contribution in [0.3, 0.4) is 0 Å². The Kier molecular flexibility index (Phi) is 4.23. The first-order valence-corrected chi connectivity index (χ1v) is 4.94. The third kappa shape index (κ3) is 4.07. The van der Waals surface area contributed by atoms with Crippen LogP contribution in [0.5, 0.6) is 0 Å². The van der Waals surface area contributed by atoms with E-state index < -0.39 is 4.92 Å². The smallest absolute Gasteiger partial charge is 0.306 e. The van der Waals surface area contributed by atoms with Crippen molar-refractivity contribution in [1.82, 2.24) is 9.78 Å². The lowest BCUT2D eigenvalue weighted by Crippen LogP contribution is -2.02. The van der Waals surface area contributed by atoms with E-state index in [1.165, 1.54) is 12.4 Å². The lowest BCUT2D eigenvalue weighted by molar-refractivity contribution is -0.385. The van der Waals surface area contributed by atoms with E-state index in [2.05, 4.69) is 5.10 Å². The maximum Gasteiger partial charge on any atom is 0.306 e. The Morgan fingerprint density at radius 3 is 2.93 bits per heavy atom. The highest BCUT2D eigenvalue weighted by Crippen LogP contribution is 2.09. The average Bonchev–Trinajstić information content (AvgIpc) is 2.60. The number of aryl methyl sites for hydroxylation is 1. The Labute approximate surface area is 87.7 Å². The molecular weight excluding hydrogens is 198 g/mol. The van der Waals surface area contributed by atoms with E-state index in [0.717, 1.165) is 19.3 Å². The summed E-state index contributed by atoms with van der Waals surface area (Å²) in [4.78, 5) is 9.89. The largest absolute Gasteiger partial charge is 0.393 e. The molecule has 0 spiro atoms. The minimum absolute atomic E-state index is 0.0190. The highest BCUT2D eigenvalue weighted by Gasteiger charge is 2.07. The van der Waals surface area contributed by atoms with Gasteiger partial charge in [-0.05, 0) is 26.2 Å². The van der Waals surface area contributed by atoms with Crippen LogP contribution < -0.4 is 0 Å². The molecule has 0 aliphatic rings. The molecule has 1 N–H and O–H groups in total. The fourth-order valence-corrected chi connectivity index (χ4v) is 1.28. The Hall–Kier alpha value is -1.43. The van der Waals surface area contributed by atoms with Crippen molar-refractivity contribution in [2.75, 3.05) is 0 Å². The molecule has 1 atom stereocenters. The molecule has 0 radical (unpaired) electrons. The van der Waals surface area contributed by atoms with Crippen LogP contribution in [0.25, 0.3) is 0 Å². The zero-order valence-electron chi connectivity index (χ0n) is 8.67. The molecule has 6 nitrogen and oxygen atoms in total. The van der Waals surface area contributed by atoms with Crippen molar-refractivity contribution in [3.05, 3.63) is 22.5 Å². The second kappa shape index (κ2) is 5.45. The summed E-state index contributed by atoms with van der Waals surface area (Å²) in [5, 5.41) is 23.2. The summed E-state index contributed by atoms with van der Waals surface area (Å²) in [6, 6.07) is 0. The summed E-state index contributed by atoms with van der Waals surface area (Å²) in [6.07, 6.45) is 4.90. The van der Waals surface area contributed by atoms with Crippen molar-refractivity contribution < 1.29 is 10.0 Å². The van der Waals surface area contributed by atoms with Gasteiger partial charge in [-0.2, -0.15) is 5.10 Å². The van der Waals surface area contributed by atoms with Crippen molar-refractivity contribution in [3.63, 3.8) is 0 Å². The van der Waals surface area contributed by atoms with Gasteiger partial charge in [0.25, 0.3) is 0 Å². The first-order chi connectivity index (χ1) is 7.09. The van der Waals surface area contributed by atoms with Crippen LogP contribution in [0, 0.1) is 10.1 Å². The molecule has 1 aromatic rings. The number of nitro groups is 1. The van der Waals surface area contributed by atoms with Crippen LogP contribution in [-0.2, 0) is 6.54 Å². The summed E-state index contributed by atoms with van der Waals surface area (Å²) in [7, 11) is 0. The zero-order chi connectivity index (χ0) is 11.3. The summed E-state index contributed by atoms with van der Waals surface area (Å²) >= 11 is 0. The van der Waals surface area contributed by atoms with E-state index in [9.17, 15) is 10.1 Å². The van der Waals surface area contributed by atoms with Gasteiger partial charge in [-0.3, -0.25) is 14.8 Å². The minimum Gasteiger partial charge on any atom is -0.393 e. The second-order valence-electron chi connectivity index (χ2n) is 3.56. The second-order valence-corrected chi connectivity index (χ2v) is 3.56. The summed E-state index contributed by atoms with van der Waals surface area (Å²) in [5.41, 5.74) is 0.0190. The maximum atomic E-state index is 10.4. The average molecular weight is 213 g/mol. The zero-order valence-corrected chi connectivity index (χ0v) is 8.67. The molecule has 0 aliphatic carbocycles. The first kappa shape index (κ1) is 11.6. The van der Waals surface area contributed by atoms with Crippen molar-refractivity contribution in [2.24, 2.45) is 0 Å². The van der Waals surface area contributed by atoms with Gasteiger partial charge in [0.15, 0.2) is 0 Å². The number of aliphatic hydroxyl groups is 1. The van der Waals surface area contributed by atoms with Crippen molar-refractivity contribution in [2.45, 2.75) is 38.8 Å². The van der Waals surface area contributed by atoms with Crippen LogP contribution in [0.15, 0.2) is 12.4 Å². The van der Waals surface area contributed by atoms with Crippen LogP contribution in [0.4, 0.5) is 5.69 Å². The molecule has 1 unspecified atom stereocenters. The fourth-order valence-electron chi connectivity index (χ4n) is 1.28. The van der Waals surface area contributed by atoms with Gasteiger partial charge in [-0.25, -0.2) is 0 Å². The molecule has 1 rings (SSSR count). The molecule has 1 aromatic heterocycles. The van der Waals surface area contributed by atoms with Gasteiger partial charge in [-0.15, -0.1) is 0 Å². The maximum absolute atomic E-state index is 10.4. The third-order valence-corrected chi connectivity index (χ3v) is 2.09. The molecule has 6 heteroatoms. The number of rotatable bonds is 6. The molecule has 1 heterocycles. The molecule has 15 heavy (non-hydrogen) atoms. The van der Waals surface area contributed by atoms with Crippen molar-refractivity contribution in [3.8, 4) is 0 Å². The molecule has 0 fully saturated rings. The molecule has 84 valence electrons. The number of unbranched alkanes of at least 4 members (excludes halogenated alkanes) is 1. The molecular formula is C9H15N3O3. The standard InChI is InChI=1S/C9H15N3O3/c1-8(13)4-2-3-5-11-7-9(6-10-11)12(14)15/h6-8,13H,2-5H2,1H3. The van der Waals surface area contributed by atoms with Crippen molar-refractivity contribution >= 4 is 5.69 Å². The summed E-state index contributed by atoms with van der Waals surface area (Å²) < 4.78 is 1.56. The molecule has 0 aliphatic heterocycles. The van der Waals surface area contributed by atoms with Gasteiger partial charge >= 0.3 is 5.69 Å². The SMILES string of the molecule is CC(O)CCCCn1cc([N+](=O)[O-])cn1. The molecule has 0 saturated heterocycles. The fraction of sp³-hybridized carbons (Fsp3) is 0.667. The van der Waals surface area contributed by atoms with Gasteiger partial charge in [-0.1, -0.05) is 0 Å². The Morgan fingerprint density at radius 2 is 2.40 bits per heavy atom. The van der Waals surface area contributed by atoms with Crippen LogP contribution in [0.2, 0.25) is 0 Å². The van der Waals surface area contributed by atoms with E-state index in [0.29, 0.717) is 6.54 Å². The van der Waals surface area contributed by atoms with Crippen LogP contribution >= 0.6 is 0 Å². The normalized spacial score (nSPS) is 12.7. The van der Waals surface area contributed by atoms with Gasteiger partial charge in [0, 0.05) is 6.54 Å². The molecule has 0 amide bonds. The predicted octanol–water partition coefficient (Wildman–Crippen LogP) is 1.34. The quantitative estimate of drug-likeness (QED) is 0.439. The predicted molar refractivity (Wildman–Crippen MR) is 54.4 cm³/mol. The van der Waals surface area contributed by atoms with Gasteiger partial charge in [0.1, 0.15) is 12.4 Å². The van der Waals surface area contributed by atoms with Crippen LogP contribution in [0.1, 0.15) is 26.2 Å². The number of aromatic nitrogens is 2. The monoisotopic (exact) mass is 213 g/mol. The molecule has 0 saturated carbocycles. The highest BCUT2D eigenvalue weighted by atomic mass is 16.6. The number of hydrogen-bond donors (Lipinski definition) is 1. The van der Waals surface area contributed by atoms with Crippen LogP contribution in [-0.4, -0.2) is 25.9 Å². The highest BCUT2D eigenvalue weighted by molar-refractivity contribution is 5.20. The van der Waals surface area contributed by atoms with Gasteiger partial charge in [0.05, 0.1) is 11.0 Å². The molecule has 0 bridgehead atoms. The van der Waals surface area contributed by atoms with E-state index in [1.54, 1.807) is 11.6 Å². The Balaban J connectivity index is 2.29. The molecule has 0 aromatic carbocycles. The van der Waals surface area contributed by atoms with Gasteiger partial charge < -0.3 is 5.11 Å². The lowest BCUT2D eigenvalue weighted by Gasteiger charge is -2.03.